The first-order valence-corrected chi connectivity index (χ1v) is 5.15. The van der Waals surface area contributed by atoms with E-state index in [4.69, 9.17) is 9.62 Å². The van der Waals surface area contributed by atoms with Gasteiger partial charge in [0.15, 0.2) is 5.76 Å². The maximum absolute atomic E-state index is 11.8. The van der Waals surface area contributed by atoms with E-state index in [2.05, 4.69) is 5.16 Å². The van der Waals surface area contributed by atoms with Gasteiger partial charge in [0.05, 0.1) is 5.39 Å². The van der Waals surface area contributed by atoms with Gasteiger partial charge in [-0.25, -0.2) is 0 Å². The fraction of sp³-hybridized carbons (Fsp3) is 0.167. The summed E-state index contributed by atoms with van der Waals surface area (Å²) in [6.45, 7) is 1.73. The summed E-state index contributed by atoms with van der Waals surface area (Å²) in [6.07, 6.45) is 0.339. The summed E-state index contributed by atoms with van der Waals surface area (Å²) in [4.78, 5) is 11.8. The minimum absolute atomic E-state index is 0.0845. The van der Waals surface area contributed by atoms with E-state index in [-0.39, 0.29) is 11.5 Å². The van der Waals surface area contributed by atoms with Crippen LogP contribution in [0.15, 0.2) is 38.6 Å². The molecule has 0 radical (unpaired) electrons. The van der Waals surface area contributed by atoms with E-state index < -0.39 is 11.2 Å². The number of rotatable bonds is 2. The smallest absolute Gasteiger partial charge is 0.235 e. The van der Waals surface area contributed by atoms with Crippen molar-refractivity contribution >= 4 is 16.7 Å². The third-order valence-electron chi connectivity index (χ3n) is 2.49. The van der Waals surface area contributed by atoms with Gasteiger partial charge in [0.2, 0.25) is 11.2 Å². The Kier molecular flexibility index (Phi) is 2.82. The third kappa shape index (κ3) is 1.75. The number of benzene rings is 1. The van der Waals surface area contributed by atoms with Gasteiger partial charge in [-0.05, 0) is 18.6 Å². The quantitative estimate of drug-likeness (QED) is 0.472. The first-order chi connectivity index (χ1) is 8.19. The molecule has 88 valence electrons. The third-order valence-corrected chi connectivity index (χ3v) is 2.49. The molecule has 0 amide bonds. The number of aromatic hydroxyl groups is 1. The SMILES string of the molecule is CCC(=NO)c1oc2ccccc2c(=O)c1O. The molecule has 0 unspecified atom stereocenters. The highest BCUT2D eigenvalue weighted by molar-refractivity contribution is 6.01. The molecule has 5 nitrogen and oxygen atoms in total. The van der Waals surface area contributed by atoms with Crippen LogP contribution in [0, 0.1) is 0 Å². The first-order valence-electron chi connectivity index (χ1n) is 5.15. The highest BCUT2D eigenvalue weighted by Crippen LogP contribution is 2.21. The molecule has 2 aromatic rings. The van der Waals surface area contributed by atoms with Crippen molar-refractivity contribution in [2.24, 2.45) is 5.16 Å². The average Bonchev–Trinajstić information content (AvgIpc) is 2.37. The second kappa shape index (κ2) is 4.29. The van der Waals surface area contributed by atoms with Crippen LogP contribution < -0.4 is 5.43 Å². The summed E-state index contributed by atoms with van der Waals surface area (Å²) in [5.74, 6) is -0.614. The highest BCUT2D eigenvalue weighted by Gasteiger charge is 2.17. The number of fused-ring (bicyclic) bond motifs is 1. The average molecular weight is 233 g/mol. The molecule has 0 aliphatic carbocycles. The molecular weight excluding hydrogens is 222 g/mol. The number of para-hydroxylation sites is 1. The standard InChI is InChI=1S/C12H11NO4/c1-2-8(13-16)12-11(15)10(14)7-5-3-4-6-9(7)17-12/h3-6,15-16H,2H2,1H3. The van der Waals surface area contributed by atoms with Gasteiger partial charge in [0, 0.05) is 0 Å². The van der Waals surface area contributed by atoms with Crippen LogP contribution in [0.3, 0.4) is 0 Å². The molecule has 0 aliphatic rings. The normalized spacial score (nSPS) is 11.9. The molecule has 0 saturated heterocycles. The van der Waals surface area contributed by atoms with E-state index >= 15 is 0 Å². The van der Waals surface area contributed by atoms with Crippen LogP contribution in [0.4, 0.5) is 0 Å². The van der Waals surface area contributed by atoms with Crippen LogP contribution in [0.2, 0.25) is 0 Å². The summed E-state index contributed by atoms with van der Waals surface area (Å²) >= 11 is 0. The maximum atomic E-state index is 11.8. The number of nitrogens with zero attached hydrogens (tertiary/aromatic N) is 1. The molecule has 0 fully saturated rings. The molecule has 0 aliphatic heterocycles. The first kappa shape index (κ1) is 11.2. The summed E-state index contributed by atoms with van der Waals surface area (Å²) in [5, 5.41) is 21.8. The van der Waals surface area contributed by atoms with Crippen molar-refractivity contribution < 1.29 is 14.7 Å². The topological polar surface area (TPSA) is 83.0 Å². The lowest BCUT2D eigenvalue weighted by molar-refractivity contribution is 0.316. The molecule has 5 heteroatoms. The Morgan fingerprint density at radius 1 is 1.41 bits per heavy atom. The zero-order chi connectivity index (χ0) is 12.4. The summed E-state index contributed by atoms with van der Waals surface area (Å²) in [7, 11) is 0. The van der Waals surface area contributed by atoms with E-state index in [1.54, 1.807) is 31.2 Å². The van der Waals surface area contributed by atoms with E-state index in [1.165, 1.54) is 0 Å². The predicted octanol–water partition coefficient (Wildman–Crippen LogP) is 2.09. The van der Waals surface area contributed by atoms with Gasteiger partial charge in [-0.3, -0.25) is 4.79 Å². The van der Waals surface area contributed by atoms with Crippen LogP contribution >= 0.6 is 0 Å². The zero-order valence-corrected chi connectivity index (χ0v) is 9.17. The number of hydrogen-bond donors (Lipinski definition) is 2. The Bertz CT molecular complexity index is 642. The van der Waals surface area contributed by atoms with Gasteiger partial charge in [-0.2, -0.15) is 0 Å². The van der Waals surface area contributed by atoms with Gasteiger partial charge in [-0.1, -0.05) is 24.2 Å². The lowest BCUT2D eigenvalue weighted by Gasteiger charge is -2.05. The van der Waals surface area contributed by atoms with E-state index in [0.29, 0.717) is 17.4 Å². The molecule has 1 heterocycles. The lowest BCUT2D eigenvalue weighted by atomic mass is 10.1. The van der Waals surface area contributed by atoms with E-state index in [9.17, 15) is 9.90 Å². The van der Waals surface area contributed by atoms with Gasteiger partial charge in [-0.15, -0.1) is 0 Å². The molecule has 2 N–H and O–H groups in total. The van der Waals surface area contributed by atoms with Crippen LogP contribution in [-0.2, 0) is 0 Å². The van der Waals surface area contributed by atoms with Crippen molar-refractivity contribution in [3.05, 3.63) is 40.2 Å². The zero-order valence-electron chi connectivity index (χ0n) is 9.17. The molecule has 1 aromatic heterocycles. The predicted molar refractivity (Wildman–Crippen MR) is 62.8 cm³/mol. The Hall–Kier alpha value is -2.30. The van der Waals surface area contributed by atoms with Crippen LogP contribution in [-0.4, -0.2) is 16.0 Å². The van der Waals surface area contributed by atoms with Gasteiger partial charge in [0.1, 0.15) is 11.3 Å². The Morgan fingerprint density at radius 2 is 2.12 bits per heavy atom. The molecule has 0 bridgehead atoms. The highest BCUT2D eigenvalue weighted by atomic mass is 16.4. The molecule has 2 rings (SSSR count). The van der Waals surface area contributed by atoms with Crippen molar-refractivity contribution in [1.82, 2.24) is 0 Å². The van der Waals surface area contributed by atoms with Crippen molar-refractivity contribution in [2.45, 2.75) is 13.3 Å². The second-order valence-corrected chi connectivity index (χ2v) is 3.51. The van der Waals surface area contributed by atoms with Crippen molar-refractivity contribution in [3.63, 3.8) is 0 Å². The minimum Gasteiger partial charge on any atom is -0.501 e. The molecule has 17 heavy (non-hydrogen) atoms. The van der Waals surface area contributed by atoms with E-state index in [1.807, 2.05) is 0 Å². The monoisotopic (exact) mass is 233 g/mol. The van der Waals surface area contributed by atoms with Crippen molar-refractivity contribution in [2.75, 3.05) is 0 Å². The Balaban J connectivity index is 2.83. The fourth-order valence-electron chi connectivity index (χ4n) is 1.60. The lowest BCUT2D eigenvalue weighted by Crippen LogP contribution is -2.09. The molecule has 0 spiro atoms. The maximum Gasteiger partial charge on any atom is 0.235 e. The number of hydrogen-bond acceptors (Lipinski definition) is 5. The van der Waals surface area contributed by atoms with Crippen molar-refractivity contribution in [3.8, 4) is 5.75 Å². The van der Waals surface area contributed by atoms with Gasteiger partial charge in [0.25, 0.3) is 0 Å². The minimum atomic E-state index is -0.531. The summed E-state index contributed by atoms with van der Waals surface area (Å²) in [6, 6.07) is 6.57. The Morgan fingerprint density at radius 3 is 2.76 bits per heavy atom. The Labute approximate surface area is 96.6 Å². The fourth-order valence-corrected chi connectivity index (χ4v) is 1.60. The second-order valence-electron chi connectivity index (χ2n) is 3.51. The molecular formula is C12H11NO4. The van der Waals surface area contributed by atoms with Crippen molar-refractivity contribution in [1.29, 1.82) is 0 Å². The van der Waals surface area contributed by atoms with Crippen LogP contribution in [0.25, 0.3) is 11.0 Å². The molecule has 0 saturated carbocycles. The van der Waals surface area contributed by atoms with Crippen LogP contribution in [0.5, 0.6) is 5.75 Å². The largest absolute Gasteiger partial charge is 0.501 e. The van der Waals surface area contributed by atoms with Gasteiger partial charge >= 0.3 is 0 Å². The molecule has 0 atom stereocenters. The van der Waals surface area contributed by atoms with Crippen LogP contribution in [0.1, 0.15) is 19.1 Å². The number of oxime groups is 1. The molecule has 1 aromatic carbocycles. The van der Waals surface area contributed by atoms with Gasteiger partial charge < -0.3 is 14.7 Å². The summed E-state index contributed by atoms with van der Waals surface area (Å²) in [5.41, 5.74) is -0.0540. The van der Waals surface area contributed by atoms with E-state index in [0.717, 1.165) is 0 Å². The summed E-state index contributed by atoms with van der Waals surface area (Å²) < 4.78 is 5.38.